The first kappa shape index (κ1) is 15.9. The van der Waals surface area contributed by atoms with E-state index in [-0.39, 0.29) is 16.9 Å². The molecule has 0 aromatic heterocycles. The molecule has 114 valence electrons. The second-order valence-electron chi connectivity index (χ2n) is 5.71. The van der Waals surface area contributed by atoms with Crippen LogP contribution in [0.4, 0.5) is 0 Å². The number of rotatable bonds is 4. The van der Waals surface area contributed by atoms with Crippen molar-refractivity contribution in [1.82, 2.24) is 9.80 Å². The maximum Gasteiger partial charge on any atom is 0.254 e. The molecule has 5 nitrogen and oxygen atoms in total. The molecule has 0 saturated carbocycles. The summed E-state index contributed by atoms with van der Waals surface area (Å²) in [6, 6.07) is 7.05. The van der Waals surface area contributed by atoms with E-state index in [2.05, 4.69) is 0 Å². The molecule has 1 amide bonds. The molecular weight excluding hydrogens is 286 g/mol. The van der Waals surface area contributed by atoms with E-state index < -0.39 is 6.10 Å². The van der Waals surface area contributed by atoms with E-state index in [1.807, 2.05) is 19.0 Å². The van der Waals surface area contributed by atoms with Gasteiger partial charge in [-0.15, -0.1) is 0 Å². The van der Waals surface area contributed by atoms with Crippen molar-refractivity contribution in [2.75, 3.05) is 27.2 Å². The van der Waals surface area contributed by atoms with Crippen LogP contribution in [0.25, 0.3) is 0 Å². The Morgan fingerprint density at radius 1 is 1.48 bits per heavy atom. The van der Waals surface area contributed by atoms with Crippen molar-refractivity contribution in [1.29, 1.82) is 0 Å². The molecule has 1 saturated heterocycles. The molecule has 1 aliphatic rings. The number of nitrogens with two attached hydrogens (primary N) is 1. The van der Waals surface area contributed by atoms with Gasteiger partial charge in [-0.25, -0.2) is 0 Å². The van der Waals surface area contributed by atoms with E-state index in [1.54, 1.807) is 29.2 Å². The molecule has 0 bridgehead atoms. The highest BCUT2D eigenvalue weighted by Gasteiger charge is 2.34. The number of amides is 1. The highest BCUT2D eigenvalue weighted by molar-refractivity contribution is 7.80. The fourth-order valence-corrected chi connectivity index (χ4v) is 2.83. The van der Waals surface area contributed by atoms with Crippen molar-refractivity contribution in [3.8, 4) is 0 Å². The molecule has 0 spiro atoms. The molecule has 2 atom stereocenters. The molecule has 1 fully saturated rings. The first-order valence-electron chi connectivity index (χ1n) is 6.92. The van der Waals surface area contributed by atoms with E-state index in [9.17, 15) is 9.90 Å². The van der Waals surface area contributed by atoms with Gasteiger partial charge in [0, 0.05) is 30.3 Å². The van der Waals surface area contributed by atoms with E-state index in [0.29, 0.717) is 24.1 Å². The normalized spacial score (nSPS) is 21.8. The topological polar surface area (TPSA) is 69.8 Å². The summed E-state index contributed by atoms with van der Waals surface area (Å²) < 4.78 is 0. The highest BCUT2D eigenvalue weighted by Crippen LogP contribution is 2.21. The number of hydrogen-bond donors (Lipinski definition) is 2. The minimum Gasteiger partial charge on any atom is -0.391 e. The lowest BCUT2D eigenvalue weighted by molar-refractivity contribution is 0.0699. The number of likely N-dealkylation sites (tertiary alicyclic amines) is 1. The predicted octanol–water partition coefficient (Wildman–Crippen LogP) is 0.458. The van der Waals surface area contributed by atoms with Crippen molar-refractivity contribution in [2.24, 2.45) is 5.73 Å². The second-order valence-corrected chi connectivity index (χ2v) is 6.15. The fourth-order valence-electron chi connectivity index (χ4n) is 2.71. The molecule has 1 aromatic rings. The summed E-state index contributed by atoms with van der Waals surface area (Å²) in [4.78, 5) is 16.7. The SMILES string of the molecule is CN(C)CC1CC(O)CN1C(=O)c1cccc(C(N)=S)c1. The highest BCUT2D eigenvalue weighted by atomic mass is 32.1. The van der Waals surface area contributed by atoms with Crippen LogP contribution >= 0.6 is 12.2 Å². The van der Waals surface area contributed by atoms with Crippen LogP contribution in [-0.4, -0.2) is 65.1 Å². The molecular formula is C15H21N3O2S. The first-order valence-corrected chi connectivity index (χ1v) is 7.33. The van der Waals surface area contributed by atoms with Gasteiger partial charge >= 0.3 is 0 Å². The van der Waals surface area contributed by atoms with Gasteiger partial charge in [0.25, 0.3) is 5.91 Å². The molecule has 0 radical (unpaired) electrons. The summed E-state index contributed by atoms with van der Waals surface area (Å²) in [5, 5.41) is 9.87. The van der Waals surface area contributed by atoms with Gasteiger partial charge in [0.1, 0.15) is 4.99 Å². The number of β-amino-alcohol motifs (C(OH)–C–C–N with tert-alkyl or cyclic N) is 1. The Morgan fingerprint density at radius 2 is 2.14 bits per heavy atom. The molecule has 21 heavy (non-hydrogen) atoms. The lowest BCUT2D eigenvalue weighted by Gasteiger charge is -2.27. The van der Waals surface area contributed by atoms with Crippen LogP contribution in [0.3, 0.4) is 0 Å². The number of thiocarbonyl (C=S) groups is 1. The lowest BCUT2D eigenvalue weighted by Crippen LogP contribution is -2.41. The number of aliphatic hydroxyl groups excluding tert-OH is 1. The molecule has 6 heteroatoms. The second kappa shape index (κ2) is 6.51. The van der Waals surface area contributed by atoms with Crippen molar-refractivity contribution in [3.63, 3.8) is 0 Å². The number of carbonyl (C=O) groups excluding carboxylic acids is 1. The third kappa shape index (κ3) is 3.78. The van der Waals surface area contributed by atoms with Gasteiger partial charge in [0.2, 0.25) is 0 Å². The maximum atomic E-state index is 12.7. The van der Waals surface area contributed by atoms with Crippen LogP contribution in [0.5, 0.6) is 0 Å². The number of hydrogen-bond acceptors (Lipinski definition) is 4. The van der Waals surface area contributed by atoms with Crippen LogP contribution in [0.1, 0.15) is 22.3 Å². The minimum absolute atomic E-state index is 0.0241. The maximum absolute atomic E-state index is 12.7. The third-order valence-electron chi connectivity index (χ3n) is 3.62. The minimum atomic E-state index is -0.460. The molecule has 0 aliphatic carbocycles. The Bertz CT molecular complexity index is 547. The van der Waals surface area contributed by atoms with Gasteiger partial charge in [0.15, 0.2) is 0 Å². The number of nitrogens with zero attached hydrogens (tertiary/aromatic N) is 2. The summed E-state index contributed by atoms with van der Waals surface area (Å²) in [6.45, 7) is 1.10. The van der Waals surface area contributed by atoms with Gasteiger partial charge in [-0.2, -0.15) is 0 Å². The summed E-state index contributed by atoms with van der Waals surface area (Å²) in [5.41, 5.74) is 6.85. The molecule has 1 heterocycles. The Labute approximate surface area is 130 Å². The summed E-state index contributed by atoms with van der Waals surface area (Å²) >= 11 is 4.95. The summed E-state index contributed by atoms with van der Waals surface area (Å²) in [7, 11) is 3.92. The summed E-state index contributed by atoms with van der Waals surface area (Å²) in [6.07, 6.45) is 0.150. The van der Waals surface area contributed by atoms with Crippen molar-refractivity contribution >= 4 is 23.1 Å². The molecule has 1 aromatic carbocycles. The van der Waals surface area contributed by atoms with Crippen LogP contribution in [-0.2, 0) is 0 Å². The van der Waals surface area contributed by atoms with Crippen molar-refractivity contribution in [2.45, 2.75) is 18.6 Å². The zero-order chi connectivity index (χ0) is 15.6. The van der Waals surface area contributed by atoms with E-state index >= 15 is 0 Å². The molecule has 3 N–H and O–H groups in total. The van der Waals surface area contributed by atoms with Crippen LogP contribution in [0, 0.1) is 0 Å². The zero-order valence-corrected chi connectivity index (χ0v) is 13.1. The third-order valence-corrected chi connectivity index (χ3v) is 3.86. The van der Waals surface area contributed by atoms with Crippen LogP contribution in [0.15, 0.2) is 24.3 Å². The van der Waals surface area contributed by atoms with Gasteiger partial charge in [-0.1, -0.05) is 24.4 Å². The zero-order valence-electron chi connectivity index (χ0n) is 12.3. The average molecular weight is 307 g/mol. The molecule has 2 unspecified atom stereocenters. The first-order chi connectivity index (χ1) is 9.88. The van der Waals surface area contributed by atoms with E-state index in [0.717, 1.165) is 6.54 Å². The quantitative estimate of drug-likeness (QED) is 0.791. The molecule has 1 aliphatic heterocycles. The van der Waals surface area contributed by atoms with Gasteiger partial charge in [-0.3, -0.25) is 4.79 Å². The van der Waals surface area contributed by atoms with Gasteiger partial charge < -0.3 is 20.6 Å². The predicted molar refractivity (Wildman–Crippen MR) is 86.3 cm³/mol. The monoisotopic (exact) mass is 307 g/mol. The number of aliphatic hydroxyl groups is 1. The Kier molecular flexibility index (Phi) is 4.92. The average Bonchev–Trinajstić information content (AvgIpc) is 2.78. The fraction of sp³-hybridized carbons (Fsp3) is 0.467. The standard InChI is InChI=1S/C15H21N3O2S/c1-17(2)8-12-7-13(19)9-18(12)15(20)11-5-3-4-10(6-11)14(16)21/h3-6,12-13,19H,7-9H2,1-2H3,(H2,16,21). The largest absolute Gasteiger partial charge is 0.391 e. The van der Waals surface area contributed by atoms with Crippen molar-refractivity contribution < 1.29 is 9.90 Å². The van der Waals surface area contributed by atoms with Crippen LogP contribution in [0.2, 0.25) is 0 Å². The van der Waals surface area contributed by atoms with E-state index in [4.69, 9.17) is 18.0 Å². The molecule has 2 rings (SSSR count). The summed E-state index contributed by atoms with van der Waals surface area (Å²) in [5.74, 6) is -0.0866. The van der Waals surface area contributed by atoms with Crippen molar-refractivity contribution in [3.05, 3.63) is 35.4 Å². The lowest BCUT2D eigenvalue weighted by atomic mass is 10.1. The number of carbonyl (C=O) groups is 1. The Balaban J connectivity index is 2.21. The Morgan fingerprint density at radius 3 is 2.76 bits per heavy atom. The smallest absolute Gasteiger partial charge is 0.254 e. The number of benzene rings is 1. The van der Waals surface area contributed by atoms with Crippen LogP contribution < -0.4 is 5.73 Å². The van der Waals surface area contributed by atoms with Gasteiger partial charge in [-0.05, 0) is 32.6 Å². The number of likely N-dealkylation sites (N-methyl/N-ethyl adjacent to an activating group) is 1. The Hall–Kier alpha value is -1.50. The van der Waals surface area contributed by atoms with Gasteiger partial charge in [0.05, 0.1) is 6.10 Å². The van der Waals surface area contributed by atoms with E-state index in [1.165, 1.54) is 0 Å².